The highest BCUT2D eigenvalue weighted by atomic mass is 35.5. The van der Waals surface area contributed by atoms with Crippen LogP contribution in [-0.2, 0) is 4.79 Å². The fourth-order valence-corrected chi connectivity index (χ4v) is 2.41. The Kier molecular flexibility index (Phi) is 5.71. The van der Waals surface area contributed by atoms with Gasteiger partial charge in [0, 0.05) is 10.9 Å². The van der Waals surface area contributed by atoms with Gasteiger partial charge in [0.25, 0.3) is 0 Å². The van der Waals surface area contributed by atoms with Crippen molar-refractivity contribution < 1.29 is 9.90 Å². The average molecular weight is 344 g/mol. The molecule has 3 rings (SSSR count). The highest BCUT2D eigenvalue weighted by Crippen LogP contribution is 2.25. The summed E-state index contributed by atoms with van der Waals surface area (Å²) in [6.45, 7) is 1.83. The van der Waals surface area contributed by atoms with Crippen molar-refractivity contribution in [2.24, 2.45) is 0 Å². The van der Waals surface area contributed by atoms with Crippen LogP contribution in [0.3, 0.4) is 0 Å². The lowest BCUT2D eigenvalue weighted by Gasteiger charge is -2.15. The Hall–Kier alpha value is -2.66. The molecule has 0 saturated carbocycles. The molecule has 0 bridgehead atoms. The van der Waals surface area contributed by atoms with Gasteiger partial charge in [0.15, 0.2) is 5.82 Å². The molecule has 0 fully saturated rings. The van der Waals surface area contributed by atoms with Gasteiger partial charge < -0.3 is 10.4 Å². The molecular weight excluding hydrogens is 326 g/mol. The maximum atomic E-state index is 11.3. The number of nitrogens with zero attached hydrogens (tertiary/aromatic N) is 2. The molecule has 24 heavy (non-hydrogen) atoms. The number of carboxylic acid groups (broad SMARTS) is 1. The largest absolute Gasteiger partial charge is 0.480 e. The predicted molar refractivity (Wildman–Crippen MR) is 97.6 cm³/mol. The number of halogens is 1. The Morgan fingerprint density at radius 2 is 1.75 bits per heavy atom. The summed E-state index contributed by atoms with van der Waals surface area (Å²) in [7, 11) is 0. The van der Waals surface area contributed by atoms with E-state index in [4.69, 9.17) is 0 Å². The molecule has 2 N–H and O–H groups in total. The summed E-state index contributed by atoms with van der Waals surface area (Å²) in [5.74, 6) is 0.229. The first kappa shape index (κ1) is 17.7. The molecule has 1 aromatic heterocycles. The number of benzene rings is 2. The number of fused-ring (bicyclic) bond motifs is 1. The highest BCUT2D eigenvalue weighted by Gasteiger charge is 2.17. The molecule has 0 amide bonds. The minimum absolute atomic E-state index is 0. The van der Waals surface area contributed by atoms with Crippen LogP contribution >= 0.6 is 12.4 Å². The van der Waals surface area contributed by atoms with E-state index in [1.807, 2.05) is 61.5 Å². The number of hydrogen-bond donors (Lipinski definition) is 2. The monoisotopic (exact) mass is 343 g/mol. The predicted octanol–water partition coefficient (Wildman–Crippen LogP) is 3.99. The fourth-order valence-electron chi connectivity index (χ4n) is 2.41. The molecule has 0 aliphatic heterocycles. The molecule has 3 aromatic rings. The van der Waals surface area contributed by atoms with E-state index in [0.717, 1.165) is 16.5 Å². The topological polar surface area (TPSA) is 75.1 Å². The molecule has 0 saturated heterocycles. The molecular formula is C18H18ClN3O2. The van der Waals surface area contributed by atoms with Gasteiger partial charge in [-0.05, 0) is 18.6 Å². The number of aromatic nitrogens is 2. The molecule has 0 aliphatic carbocycles. The first-order chi connectivity index (χ1) is 11.2. The molecule has 5 nitrogen and oxygen atoms in total. The summed E-state index contributed by atoms with van der Waals surface area (Å²) in [6.07, 6.45) is 0.467. The van der Waals surface area contributed by atoms with Gasteiger partial charge in [0.1, 0.15) is 11.9 Å². The molecule has 1 atom stereocenters. The van der Waals surface area contributed by atoms with Crippen molar-refractivity contribution in [2.45, 2.75) is 19.4 Å². The molecule has 124 valence electrons. The van der Waals surface area contributed by atoms with E-state index in [9.17, 15) is 9.90 Å². The van der Waals surface area contributed by atoms with Gasteiger partial charge >= 0.3 is 5.97 Å². The van der Waals surface area contributed by atoms with E-state index in [0.29, 0.717) is 18.1 Å². The molecule has 0 aliphatic rings. The Bertz CT molecular complexity index is 840. The minimum Gasteiger partial charge on any atom is -0.480 e. The number of nitrogens with one attached hydrogen (secondary N) is 1. The van der Waals surface area contributed by atoms with Gasteiger partial charge in [-0.15, -0.1) is 12.4 Å². The van der Waals surface area contributed by atoms with Crippen LogP contribution in [-0.4, -0.2) is 27.1 Å². The van der Waals surface area contributed by atoms with Crippen LogP contribution in [0.4, 0.5) is 5.82 Å². The van der Waals surface area contributed by atoms with Crippen LogP contribution in [0.25, 0.3) is 22.3 Å². The SMILES string of the molecule is CCC(Nc1nc(-c2ccccc2)nc2ccccc12)C(=O)O.Cl. The lowest BCUT2D eigenvalue weighted by atomic mass is 10.1. The third-order valence-electron chi connectivity index (χ3n) is 3.65. The smallest absolute Gasteiger partial charge is 0.326 e. The maximum absolute atomic E-state index is 11.3. The number of anilines is 1. The van der Waals surface area contributed by atoms with E-state index in [2.05, 4.69) is 15.3 Å². The average Bonchev–Trinajstić information content (AvgIpc) is 2.59. The summed E-state index contributed by atoms with van der Waals surface area (Å²) in [4.78, 5) is 20.5. The van der Waals surface area contributed by atoms with E-state index in [1.54, 1.807) is 0 Å². The Morgan fingerprint density at radius 3 is 2.42 bits per heavy atom. The highest BCUT2D eigenvalue weighted by molar-refractivity contribution is 5.92. The Balaban J connectivity index is 0.00000208. The summed E-state index contributed by atoms with van der Waals surface area (Å²) in [5.41, 5.74) is 1.67. The summed E-state index contributed by atoms with van der Waals surface area (Å²) < 4.78 is 0. The normalized spacial score (nSPS) is 11.5. The van der Waals surface area contributed by atoms with Crippen LogP contribution in [0.15, 0.2) is 54.6 Å². The van der Waals surface area contributed by atoms with E-state index in [-0.39, 0.29) is 12.4 Å². The second-order valence-electron chi connectivity index (χ2n) is 5.22. The number of para-hydroxylation sites is 1. The van der Waals surface area contributed by atoms with Gasteiger partial charge in [-0.1, -0.05) is 49.4 Å². The zero-order valence-electron chi connectivity index (χ0n) is 13.1. The molecule has 0 radical (unpaired) electrons. The summed E-state index contributed by atoms with van der Waals surface area (Å²) >= 11 is 0. The minimum atomic E-state index is -0.892. The second kappa shape index (κ2) is 7.75. The van der Waals surface area contributed by atoms with Gasteiger partial charge in [0.2, 0.25) is 0 Å². The molecule has 1 heterocycles. The van der Waals surface area contributed by atoms with Crippen molar-refractivity contribution in [1.82, 2.24) is 9.97 Å². The van der Waals surface area contributed by atoms with Gasteiger partial charge in [-0.3, -0.25) is 0 Å². The third kappa shape index (κ3) is 3.63. The number of carbonyl (C=O) groups is 1. The molecule has 0 spiro atoms. The molecule has 6 heteroatoms. The quantitative estimate of drug-likeness (QED) is 0.732. The number of rotatable bonds is 5. The first-order valence-electron chi connectivity index (χ1n) is 7.50. The van der Waals surface area contributed by atoms with Crippen molar-refractivity contribution in [3.05, 3.63) is 54.6 Å². The standard InChI is InChI=1S/C18H17N3O2.ClH/c1-2-14(18(22)23)19-17-13-10-6-7-11-15(13)20-16(21-17)12-8-4-3-5-9-12;/h3-11,14H,2H2,1H3,(H,22,23)(H,19,20,21);1H. The van der Waals surface area contributed by atoms with Crippen LogP contribution in [0.2, 0.25) is 0 Å². The molecule has 2 aromatic carbocycles. The summed E-state index contributed by atoms with van der Waals surface area (Å²) in [6, 6.07) is 16.5. The number of hydrogen-bond acceptors (Lipinski definition) is 4. The first-order valence-corrected chi connectivity index (χ1v) is 7.50. The van der Waals surface area contributed by atoms with Crippen molar-refractivity contribution >= 4 is 35.1 Å². The van der Waals surface area contributed by atoms with Crippen LogP contribution in [0.5, 0.6) is 0 Å². The van der Waals surface area contributed by atoms with Crippen molar-refractivity contribution in [1.29, 1.82) is 0 Å². The van der Waals surface area contributed by atoms with Gasteiger partial charge in [0.05, 0.1) is 5.52 Å². The zero-order chi connectivity index (χ0) is 16.2. The van der Waals surface area contributed by atoms with Crippen molar-refractivity contribution in [2.75, 3.05) is 5.32 Å². The van der Waals surface area contributed by atoms with Gasteiger partial charge in [-0.2, -0.15) is 0 Å². The van der Waals surface area contributed by atoms with Gasteiger partial charge in [-0.25, -0.2) is 14.8 Å². The van der Waals surface area contributed by atoms with E-state index in [1.165, 1.54) is 0 Å². The summed E-state index contributed by atoms with van der Waals surface area (Å²) in [5, 5.41) is 13.1. The van der Waals surface area contributed by atoms with Crippen LogP contribution in [0.1, 0.15) is 13.3 Å². The maximum Gasteiger partial charge on any atom is 0.326 e. The van der Waals surface area contributed by atoms with Crippen molar-refractivity contribution in [3.8, 4) is 11.4 Å². The zero-order valence-corrected chi connectivity index (χ0v) is 14.0. The van der Waals surface area contributed by atoms with Crippen LogP contribution in [0, 0.1) is 0 Å². The number of aliphatic carboxylic acids is 1. The van der Waals surface area contributed by atoms with Crippen molar-refractivity contribution in [3.63, 3.8) is 0 Å². The van der Waals surface area contributed by atoms with E-state index < -0.39 is 12.0 Å². The fraction of sp³-hybridized carbons (Fsp3) is 0.167. The number of carboxylic acids is 1. The Morgan fingerprint density at radius 1 is 1.08 bits per heavy atom. The van der Waals surface area contributed by atoms with Crippen LogP contribution < -0.4 is 5.32 Å². The lowest BCUT2D eigenvalue weighted by Crippen LogP contribution is -2.28. The second-order valence-corrected chi connectivity index (χ2v) is 5.22. The Labute approximate surface area is 146 Å². The molecule has 1 unspecified atom stereocenters. The third-order valence-corrected chi connectivity index (χ3v) is 3.65. The van der Waals surface area contributed by atoms with E-state index >= 15 is 0 Å². The lowest BCUT2D eigenvalue weighted by molar-refractivity contribution is -0.137.